The lowest BCUT2D eigenvalue weighted by atomic mass is 10.2. The number of halogens is 2. The SMILES string of the molecule is Cc1ccc2c(P3(=O)CCCC3)c(Nc3nc(Cl)ncc3Br)ccc2n1. The summed E-state index contributed by atoms with van der Waals surface area (Å²) in [5.74, 6) is 0.552. The maximum Gasteiger partial charge on any atom is 0.224 e. The molecule has 3 aromatic rings. The Labute approximate surface area is 165 Å². The summed E-state index contributed by atoms with van der Waals surface area (Å²) in [6.07, 6.45) is 5.06. The Morgan fingerprint density at radius 1 is 1.15 bits per heavy atom. The molecule has 4 rings (SSSR count). The van der Waals surface area contributed by atoms with Gasteiger partial charge >= 0.3 is 0 Å². The van der Waals surface area contributed by atoms with Crippen molar-refractivity contribution in [2.24, 2.45) is 0 Å². The van der Waals surface area contributed by atoms with Gasteiger partial charge in [-0.3, -0.25) is 4.98 Å². The number of nitrogens with one attached hydrogen (secondary N) is 1. The normalized spacial score (nSPS) is 16.1. The van der Waals surface area contributed by atoms with Gasteiger partial charge in [0.1, 0.15) is 13.0 Å². The standard InChI is InChI=1S/C18H17BrClN4OP/c1-11-4-5-12-14(22-11)6-7-15(16(12)26(25)8-2-3-9-26)23-17-13(19)10-21-18(20)24-17/h4-7,10H,2-3,8-9H2,1H3,(H,21,23,24). The fraction of sp³-hybridized carbons (Fsp3) is 0.278. The van der Waals surface area contributed by atoms with Crippen LogP contribution in [-0.4, -0.2) is 27.3 Å². The molecule has 3 heterocycles. The number of fused-ring (bicyclic) bond motifs is 1. The van der Waals surface area contributed by atoms with E-state index in [1.165, 1.54) is 0 Å². The number of anilines is 2. The highest BCUT2D eigenvalue weighted by molar-refractivity contribution is 9.10. The molecule has 2 aromatic heterocycles. The van der Waals surface area contributed by atoms with Crippen LogP contribution in [-0.2, 0) is 4.57 Å². The quantitative estimate of drug-likeness (QED) is 0.434. The molecule has 0 unspecified atom stereocenters. The molecule has 0 aliphatic carbocycles. The zero-order chi connectivity index (χ0) is 18.3. The average molecular weight is 452 g/mol. The van der Waals surface area contributed by atoms with Crippen molar-refractivity contribution in [3.8, 4) is 0 Å². The van der Waals surface area contributed by atoms with Gasteiger partial charge in [-0.15, -0.1) is 0 Å². The molecular formula is C18H17BrClN4OP. The molecule has 0 atom stereocenters. The second-order valence-corrected chi connectivity index (χ2v) is 10.8. The molecule has 26 heavy (non-hydrogen) atoms. The van der Waals surface area contributed by atoms with Crippen LogP contribution in [0.25, 0.3) is 10.9 Å². The molecule has 5 nitrogen and oxygen atoms in total. The molecule has 1 aliphatic heterocycles. The highest BCUT2D eigenvalue weighted by Gasteiger charge is 2.33. The number of aromatic nitrogens is 3. The van der Waals surface area contributed by atoms with Crippen LogP contribution in [0.4, 0.5) is 11.5 Å². The summed E-state index contributed by atoms with van der Waals surface area (Å²) in [7, 11) is -2.48. The van der Waals surface area contributed by atoms with E-state index in [1.54, 1.807) is 6.20 Å². The molecule has 1 N–H and O–H groups in total. The molecule has 1 aromatic carbocycles. The highest BCUT2D eigenvalue weighted by Crippen LogP contribution is 2.54. The van der Waals surface area contributed by atoms with E-state index in [-0.39, 0.29) is 5.28 Å². The Kier molecular flexibility index (Phi) is 4.76. The van der Waals surface area contributed by atoms with Crippen molar-refractivity contribution in [3.63, 3.8) is 0 Å². The van der Waals surface area contributed by atoms with E-state index in [0.29, 0.717) is 10.3 Å². The van der Waals surface area contributed by atoms with Crippen molar-refractivity contribution in [1.82, 2.24) is 15.0 Å². The smallest absolute Gasteiger partial charge is 0.224 e. The predicted octanol–water partition coefficient (Wildman–Crippen LogP) is 5.27. The second kappa shape index (κ2) is 6.91. The van der Waals surface area contributed by atoms with Crippen molar-refractivity contribution in [3.05, 3.63) is 45.9 Å². The van der Waals surface area contributed by atoms with Crippen molar-refractivity contribution >= 4 is 62.4 Å². The van der Waals surface area contributed by atoms with Crippen LogP contribution in [0, 0.1) is 6.92 Å². The Morgan fingerprint density at radius 3 is 2.69 bits per heavy atom. The van der Waals surface area contributed by atoms with Crippen LogP contribution in [0.15, 0.2) is 34.9 Å². The van der Waals surface area contributed by atoms with Gasteiger partial charge in [0.15, 0.2) is 0 Å². The largest absolute Gasteiger partial charge is 0.339 e. The van der Waals surface area contributed by atoms with E-state index >= 15 is 0 Å². The monoisotopic (exact) mass is 450 g/mol. The van der Waals surface area contributed by atoms with Gasteiger partial charge in [0.2, 0.25) is 5.28 Å². The van der Waals surface area contributed by atoms with Gasteiger partial charge in [-0.1, -0.05) is 6.07 Å². The molecule has 0 amide bonds. The summed E-state index contributed by atoms with van der Waals surface area (Å²) in [4.78, 5) is 12.8. The minimum absolute atomic E-state index is 0.155. The van der Waals surface area contributed by atoms with E-state index in [9.17, 15) is 4.57 Å². The number of rotatable bonds is 3. The number of nitrogens with zero attached hydrogens (tertiary/aromatic N) is 3. The summed E-state index contributed by atoms with van der Waals surface area (Å²) in [6.45, 7) is 1.96. The van der Waals surface area contributed by atoms with Gasteiger partial charge in [-0.25, -0.2) is 4.98 Å². The highest BCUT2D eigenvalue weighted by atomic mass is 79.9. The molecule has 8 heteroatoms. The Hall–Kier alpha value is -1.49. The summed E-state index contributed by atoms with van der Waals surface area (Å²) >= 11 is 9.38. The van der Waals surface area contributed by atoms with Gasteiger partial charge in [0.05, 0.1) is 15.7 Å². The first-order valence-corrected chi connectivity index (χ1v) is 11.7. The molecule has 1 saturated heterocycles. The third-order valence-electron chi connectivity index (χ3n) is 4.65. The van der Waals surface area contributed by atoms with Crippen molar-refractivity contribution < 1.29 is 4.57 Å². The number of pyridine rings is 1. The summed E-state index contributed by atoms with van der Waals surface area (Å²) in [6, 6.07) is 7.88. The maximum atomic E-state index is 13.7. The van der Waals surface area contributed by atoms with E-state index in [2.05, 4.69) is 36.2 Å². The van der Waals surface area contributed by atoms with Crippen LogP contribution in [0.1, 0.15) is 18.5 Å². The summed E-state index contributed by atoms with van der Waals surface area (Å²) < 4.78 is 14.4. The molecule has 1 aliphatic rings. The van der Waals surface area contributed by atoms with Gasteiger partial charge in [0, 0.05) is 34.9 Å². The van der Waals surface area contributed by atoms with Crippen LogP contribution >= 0.6 is 34.7 Å². The number of hydrogen-bond acceptors (Lipinski definition) is 5. The zero-order valence-electron chi connectivity index (χ0n) is 14.2. The molecule has 0 radical (unpaired) electrons. The first-order valence-electron chi connectivity index (χ1n) is 8.40. The van der Waals surface area contributed by atoms with Crippen LogP contribution in [0.2, 0.25) is 5.28 Å². The first-order chi connectivity index (χ1) is 12.5. The molecule has 134 valence electrons. The predicted molar refractivity (Wildman–Crippen MR) is 111 cm³/mol. The Bertz CT molecular complexity index is 1050. The third-order valence-corrected chi connectivity index (χ3v) is 8.78. The van der Waals surface area contributed by atoms with E-state index < -0.39 is 7.14 Å². The molecular weight excluding hydrogens is 435 g/mol. The number of benzene rings is 1. The zero-order valence-corrected chi connectivity index (χ0v) is 17.4. The minimum atomic E-state index is -2.48. The van der Waals surface area contributed by atoms with Crippen LogP contribution < -0.4 is 10.6 Å². The van der Waals surface area contributed by atoms with Crippen molar-refractivity contribution in [1.29, 1.82) is 0 Å². The topological polar surface area (TPSA) is 67.8 Å². The maximum absolute atomic E-state index is 13.7. The molecule has 0 saturated carbocycles. The number of hydrogen-bond donors (Lipinski definition) is 1. The van der Waals surface area contributed by atoms with Gasteiger partial charge in [-0.05, 0) is 65.5 Å². The van der Waals surface area contributed by atoms with Crippen molar-refractivity contribution in [2.45, 2.75) is 19.8 Å². The van der Waals surface area contributed by atoms with Gasteiger partial charge < -0.3 is 9.88 Å². The van der Waals surface area contributed by atoms with E-state index in [4.69, 9.17) is 11.6 Å². The van der Waals surface area contributed by atoms with Gasteiger partial charge in [-0.2, -0.15) is 4.98 Å². The van der Waals surface area contributed by atoms with Crippen molar-refractivity contribution in [2.75, 3.05) is 17.6 Å². The second-order valence-electron chi connectivity index (χ2n) is 6.49. The molecule has 1 fully saturated rings. The third kappa shape index (κ3) is 3.26. The molecule has 0 bridgehead atoms. The lowest BCUT2D eigenvalue weighted by Crippen LogP contribution is -2.15. The van der Waals surface area contributed by atoms with Gasteiger partial charge in [0.25, 0.3) is 0 Å². The summed E-state index contributed by atoms with van der Waals surface area (Å²) in [5.41, 5.74) is 2.61. The molecule has 0 spiro atoms. The Morgan fingerprint density at radius 2 is 1.92 bits per heavy atom. The number of aryl methyl sites for hydroxylation is 1. The van der Waals surface area contributed by atoms with E-state index in [1.807, 2.05) is 31.2 Å². The average Bonchev–Trinajstić information content (AvgIpc) is 3.05. The minimum Gasteiger partial charge on any atom is -0.339 e. The first kappa shape index (κ1) is 17.9. The lowest BCUT2D eigenvalue weighted by Gasteiger charge is -2.20. The fourth-order valence-corrected chi connectivity index (χ4v) is 7.22. The summed E-state index contributed by atoms with van der Waals surface area (Å²) in [5, 5.41) is 5.29. The van der Waals surface area contributed by atoms with E-state index in [0.717, 1.165) is 52.8 Å². The van der Waals surface area contributed by atoms with Crippen LogP contribution in [0.3, 0.4) is 0 Å². The fourth-order valence-electron chi connectivity index (χ4n) is 3.46. The Balaban J connectivity index is 1.92. The van der Waals surface area contributed by atoms with Crippen LogP contribution in [0.5, 0.6) is 0 Å². The lowest BCUT2D eigenvalue weighted by molar-refractivity contribution is 0.585.